The molecule has 1 aliphatic rings. The molecule has 1 fully saturated rings. The Hall–Kier alpha value is -2.99. The first-order chi connectivity index (χ1) is 14.7. The number of nitrogens with one attached hydrogen (secondary N) is 1. The van der Waals surface area contributed by atoms with E-state index in [1.807, 2.05) is 49.6 Å². The van der Waals surface area contributed by atoms with Gasteiger partial charge >= 0.3 is 0 Å². The molecule has 6 heteroatoms. The molecule has 4 rings (SSSR count). The molecule has 0 spiro atoms. The van der Waals surface area contributed by atoms with Crippen molar-refractivity contribution in [3.05, 3.63) is 72.3 Å². The van der Waals surface area contributed by atoms with Crippen LogP contribution < -0.4 is 10.1 Å². The lowest BCUT2D eigenvalue weighted by Gasteiger charge is -2.32. The highest BCUT2D eigenvalue weighted by Crippen LogP contribution is 2.22. The van der Waals surface area contributed by atoms with Crippen LogP contribution in [0.3, 0.4) is 0 Å². The van der Waals surface area contributed by atoms with E-state index in [1.165, 1.54) is 6.07 Å². The summed E-state index contributed by atoms with van der Waals surface area (Å²) >= 11 is 0. The van der Waals surface area contributed by atoms with Crippen molar-refractivity contribution in [1.29, 1.82) is 0 Å². The molecule has 1 aromatic heterocycles. The average Bonchev–Trinajstić information content (AvgIpc) is 2.79. The predicted octanol–water partition coefficient (Wildman–Crippen LogP) is 4.76. The van der Waals surface area contributed by atoms with Crippen molar-refractivity contribution in [3.63, 3.8) is 0 Å². The summed E-state index contributed by atoms with van der Waals surface area (Å²) in [6.07, 6.45) is 5.77. The minimum Gasteiger partial charge on any atom is -0.491 e. The topological polar surface area (TPSA) is 50.3 Å². The summed E-state index contributed by atoms with van der Waals surface area (Å²) < 4.78 is 19.1. The molecule has 0 unspecified atom stereocenters. The lowest BCUT2D eigenvalue weighted by molar-refractivity contribution is 0.210. The van der Waals surface area contributed by atoms with E-state index >= 15 is 0 Å². The van der Waals surface area contributed by atoms with Crippen LogP contribution in [0.15, 0.2) is 60.9 Å². The number of anilines is 1. The zero-order valence-electron chi connectivity index (χ0n) is 17.2. The van der Waals surface area contributed by atoms with E-state index in [0.29, 0.717) is 24.3 Å². The average molecular weight is 407 g/mol. The maximum absolute atomic E-state index is 13.8. The van der Waals surface area contributed by atoms with E-state index < -0.39 is 0 Å². The third kappa shape index (κ3) is 5.13. The van der Waals surface area contributed by atoms with Gasteiger partial charge in [0, 0.05) is 43.6 Å². The van der Waals surface area contributed by atoms with Crippen LogP contribution in [0, 0.1) is 5.82 Å². The molecule has 1 aliphatic heterocycles. The zero-order chi connectivity index (χ0) is 20.8. The Morgan fingerprint density at radius 1 is 1.03 bits per heavy atom. The normalized spacial score (nSPS) is 15.1. The zero-order valence-corrected chi connectivity index (χ0v) is 17.2. The first kappa shape index (κ1) is 20.3. The Morgan fingerprint density at radius 3 is 2.47 bits per heavy atom. The van der Waals surface area contributed by atoms with Crippen molar-refractivity contribution < 1.29 is 9.13 Å². The number of aromatic nitrogens is 2. The second-order valence-corrected chi connectivity index (χ2v) is 7.55. The molecule has 30 heavy (non-hydrogen) atoms. The van der Waals surface area contributed by atoms with Crippen LogP contribution in [0.1, 0.15) is 25.3 Å². The molecular weight excluding hydrogens is 379 g/mol. The molecule has 0 saturated carbocycles. The molecular formula is C24H27FN4O. The standard InChI is InChI=1S/C24H27FN4O/c1-2-30-23-14-18(8-9-22(23)25)17-29-12-10-21(11-13-29)28-24-26-15-20(16-27-24)19-6-4-3-5-7-19/h3-9,14-16,21H,2,10-13,17H2,1H3,(H,26,27,28). The lowest BCUT2D eigenvalue weighted by atomic mass is 10.0. The Balaban J connectivity index is 1.28. The molecule has 2 heterocycles. The predicted molar refractivity (Wildman–Crippen MR) is 117 cm³/mol. The molecule has 3 aromatic rings. The highest BCUT2D eigenvalue weighted by molar-refractivity contribution is 5.61. The van der Waals surface area contributed by atoms with Crippen LogP contribution in [0.2, 0.25) is 0 Å². The fourth-order valence-electron chi connectivity index (χ4n) is 3.77. The number of likely N-dealkylation sites (tertiary alicyclic amines) is 1. The maximum Gasteiger partial charge on any atom is 0.222 e. The third-order valence-electron chi connectivity index (χ3n) is 5.38. The Morgan fingerprint density at radius 2 is 1.77 bits per heavy atom. The van der Waals surface area contributed by atoms with Crippen LogP contribution in [0.5, 0.6) is 5.75 Å². The molecule has 0 amide bonds. The van der Waals surface area contributed by atoms with E-state index in [-0.39, 0.29) is 5.82 Å². The van der Waals surface area contributed by atoms with E-state index in [1.54, 1.807) is 0 Å². The SMILES string of the molecule is CCOc1cc(CN2CCC(Nc3ncc(-c4ccccc4)cn3)CC2)ccc1F. The summed E-state index contributed by atoms with van der Waals surface area (Å²) in [5.74, 6) is 0.706. The first-order valence-electron chi connectivity index (χ1n) is 10.5. The van der Waals surface area contributed by atoms with Crippen LogP contribution in [-0.4, -0.2) is 40.6 Å². The second kappa shape index (κ2) is 9.67. The van der Waals surface area contributed by atoms with Gasteiger partial charge in [-0.2, -0.15) is 0 Å². The fourth-order valence-corrected chi connectivity index (χ4v) is 3.77. The Bertz CT molecular complexity index is 941. The van der Waals surface area contributed by atoms with Gasteiger partial charge in [-0.15, -0.1) is 0 Å². The maximum atomic E-state index is 13.8. The second-order valence-electron chi connectivity index (χ2n) is 7.55. The van der Waals surface area contributed by atoms with Crippen LogP contribution in [0.4, 0.5) is 10.3 Å². The molecule has 1 N–H and O–H groups in total. The smallest absolute Gasteiger partial charge is 0.222 e. The molecule has 0 radical (unpaired) electrons. The highest BCUT2D eigenvalue weighted by atomic mass is 19.1. The number of hydrogen-bond acceptors (Lipinski definition) is 5. The lowest BCUT2D eigenvalue weighted by Crippen LogP contribution is -2.38. The van der Waals surface area contributed by atoms with Crippen molar-refractivity contribution in [2.45, 2.75) is 32.4 Å². The largest absolute Gasteiger partial charge is 0.491 e. The summed E-state index contributed by atoms with van der Waals surface area (Å²) in [4.78, 5) is 11.4. The van der Waals surface area contributed by atoms with Gasteiger partial charge in [-0.05, 0) is 43.0 Å². The molecule has 5 nitrogen and oxygen atoms in total. The van der Waals surface area contributed by atoms with Crippen LogP contribution in [-0.2, 0) is 6.54 Å². The van der Waals surface area contributed by atoms with Crippen LogP contribution in [0.25, 0.3) is 11.1 Å². The Kier molecular flexibility index (Phi) is 6.54. The number of nitrogens with zero attached hydrogens (tertiary/aromatic N) is 3. The van der Waals surface area contributed by atoms with Gasteiger partial charge in [0.25, 0.3) is 0 Å². The molecule has 156 valence electrons. The van der Waals surface area contributed by atoms with E-state index in [2.05, 4.69) is 32.3 Å². The van der Waals surface area contributed by atoms with E-state index in [9.17, 15) is 4.39 Å². The van der Waals surface area contributed by atoms with E-state index in [0.717, 1.165) is 49.2 Å². The van der Waals surface area contributed by atoms with Crippen molar-refractivity contribution in [2.24, 2.45) is 0 Å². The fraction of sp³-hybridized carbons (Fsp3) is 0.333. The van der Waals surface area contributed by atoms with Gasteiger partial charge in [0.15, 0.2) is 11.6 Å². The minimum atomic E-state index is -0.304. The van der Waals surface area contributed by atoms with Gasteiger partial charge in [0.05, 0.1) is 6.61 Å². The number of ether oxygens (including phenoxy) is 1. The van der Waals surface area contributed by atoms with Crippen molar-refractivity contribution in [2.75, 3.05) is 25.0 Å². The van der Waals surface area contributed by atoms with Crippen molar-refractivity contribution in [1.82, 2.24) is 14.9 Å². The monoisotopic (exact) mass is 406 g/mol. The quantitative estimate of drug-likeness (QED) is 0.613. The number of benzene rings is 2. The summed E-state index contributed by atoms with van der Waals surface area (Å²) in [5.41, 5.74) is 3.21. The first-order valence-corrected chi connectivity index (χ1v) is 10.5. The number of rotatable bonds is 7. The van der Waals surface area contributed by atoms with Crippen molar-refractivity contribution in [3.8, 4) is 16.9 Å². The minimum absolute atomic E-state index is 0.304. The van der Waals surface area contributed by atoms with Crippen molar-refractivity contribution >= 4 is 5.95 Å². The molecule has 1 saturated heterocycles. The summed E-state index contributed by atoms with van der Waals surface area (Å²) in [6, 6.07) is 15.6. The highest BCUT2D eigenvalue weighted by Gasteiger charge is 2.20. The van der Waals surface area contributed by atoms with E-state index in [4.69, 9.17) is 4.74 Å². The van der Waals surface area contributed by atoms with Gasteiger partial charge < -0.3 is 10.1 Å². The van der Waals surface area contributed by atoms with Gasteiger partial charge in [0.2, 0.25) is 5.95 Å². The third-order valence-corrected chi connectivity index (χ3v) is 5.38. The Labute approximate surface area is 176 Å². The molecule has 0 atom stereocenters. The molecule has 2 aromatic carbocycles. The number of hydrogen-bond donors (Lipinski definition) is 1. The number of piperidine rings is 1. The molecule has 0 aliphatic carbocycles. The van der Waals surface area contributed by atoms with Crippen LogP contribution >= 0.6 is 0 Å². The van der Waals surface area contributed by atoms with Gasteiger partial charge in [-0.25, -0.2) is 14.4 Å². The van der Waals surface area contributed by atoms with Gasteiger partial charge in [-0.1, -0.05) is 36.4 Å². The van der Waals surface area contributed by atoms with Gasteiger partial charge in [0.1, 0.15) is 0 Å². The van der Waals surface area contributed by atoms with Gasteiger partial charge in [-0.3, -0.25) is 4.90 Å². The molecule has 0 bridgehead atoms. The summed E-state index contributed by atoms with van der Waals surface area (Å²) in [6.45, 7) is 5.08. The number of halogens is 1. The summed E-state index contributed by atoms with van der Waals surface area (Å²) in [5, 5.41) is 3.46. The summed E-state index contributed by atoms with van der Waals surface area (Å²) in [7, 11) is 0.